The summed E-state index contributed by atoms with van der Waals surface area (Å²) in [4.78, 5) is 14.3. The SMILES string of the molecule is O=[N+]([O-])c1cccc(CNc2ccc(Cl)cn2)c1. The minimum absolute atomic E-state index is 0.0818. The van der Waals surface area contributed by atoms with Gasteiger partial charge in [-0.05, 0) is 17.7 Å². The highest BCUT2D eigenvalue weighted by Gasteiger charge is 2.05. The summed E-state index contributed by atoms with van der Waals surface area (Å²) in [5.41, 5.74) is 0.902. The van der Waals surface area contributed by atoms with E-state index in [9.17, 15) is 10.1 Å². The van der Waals surface area contributed by atoms with Crippen LogP contribution >= 0.6 is 11.6 Å². The van der Waals surface area contributed by atoms with Crippen molar-refractivity contribution in [2.45, 2.75) is 6.54 Å². The van der Waals surface area contributed by atoms with Crippen molar-refractivity contribution in [3.05, 3.63) is 63.3 Å². The fourth-order valence-electron chi connectivity index (χ4n) is 1.45. The van der Waals surface area contributed by atoms with Crippen molar-refractivity contribution in [3.8, 4) is 0 Å². The van der Waals surface area contributed by atoms with E-state index in [4.69, 9.17) is 11.6 Å². The van der Waals surface area contributed by atoms with Crippen molar-refractivity contribution in [1.29, 1.82) is 0 Å². The van der Waals surface area contributed by atoms with E-state index in [0.717, 1.165) is 5.56 Å². The number of hydrogen-bond donors (Lipinski definition) is 1. The molecule has 0 spiro atoms. The van der Waals surface area contributed by atoms with Gasteiger partial charge in [-0.2, -0.15) is 0 Å². The van der Waals surface area contributed by atoms with Crippen LogP contribution in [-0.4, -0.2) is 9.91 Å². The summed E-state index contributed by atoms with van der Waals surface area (Å²) in [7, 11) is 0. The Labute approximate surface area is 109 Å². The average molecular weight is 264 g/mol. The highest BCUT2D eigenvalue weighted by atomic mass is 35.5. The van der Waals surface area contributed by atoms with Gasteiger partial charge < -0.3 is 5.32 Å². The van der Waals surface area contributed by atoms with Crippen molar-refractivity contribution < 1.29 is 4.92 Å². The van der Waals surface area contributed by atoms with Crippen LogP contribution in [0.15, 0.2) is 42.6 Å². The Morgan fingerprint density at radius 3 is 2.83 bits per heavy atom. The first-order valence-electron chi connectivity index (χ1n) is 5.24. The van der Waals surface area contributed by atoms with E-state index in [0.29, 0.717) is 17.4 Å². The van der Waals surface area contributed by atoms with Crippen LogP contribution in [-0.2, 0) is 6.54 Å². The number of nitro groups is 1. The number of pyridine rings is 1. The molecule has 92 valence electrons. The van der Waals surface area contributed by atoms with Crippen LogP contribution < -0.4 is 5.32 Å². The van der Waals surface area contributed by atoms with Crippen LogP contribution in [0.2, 0.25) is 5.02 Å². The zero-order valence-electron chi connectivity index (χ0n) is 9.34. The molecule has 0 saturated carbocycles. The number of nitrogens with one attached hydrogen (secondary N) is 1. The summed E-state index contributed by atoms with van der Waals surface area (Å²) in [5, 5.41) is 14.3. The third-order valence-electron chi connectivity index (χ3n) is 2.32. The van der Waals surface area contributed by atoms with Crippen LogP contribution in [0, 0.1) is 10.1 Å². The highest BCUT2D eigenvalue weighted by Crippen LogP contribution is 2.15. The molecule has 0 aliphatic carbocycles. The Kier molecular flexibility index (Phi) is 3.74. The molecule has 1 heterocycles. The molecule has 5 nitrogen and oxygen atoms in total. The monoisotopic (exact) mass is 263 g/mol. The fourth-order valence-corrected chi connectivity index (χ4v) is 1.56. The number of non-ortho nitro benzene ring substituents is 1. The van der Waals surface area contributed by atoms with E-state index in [1.807, 2.05) is 6.07 Å². The zero-order valence-corrected chi connectivity index (χ0v) is 10.1. The Bertz CT molecular complexity index is 558. The maximum absolute atomic E-state index is 10.6. The largest absolute Gasteiger partial charge is 0.366 e. The maximum atomic E-state index is 10.6. The third kappa shape index (κ3) is 3.18. The Balaban J connectivity index is 2.04. The summed E-state index contributed by atoms with van der Waals surface area (Å²) in [6.45, 7) is 0.469. The summed E-state index contributed by atoms with van der Waals surface area (Å²) < 4.78 is 0. The van der Waals surface area contributed by atoms with Gasteiger partial charge in [0.2, 0.25) is 0 Å². The van der Waals surface area contributed by atoms with Crippen LogP contribution in [0.3, 0.4) is 0 Å². The van der Waals surface area contributed by atoms with Gasteiger partial charge in [-0.3, -0.25) is 10.1 Å². The third-order valence-corrected chi connectivity index (χ3v) is 2.55. The van der Waals surface area contributed by atoms with Gasteiger partial charge in [0.1, 0.15) is 5.82 Å². The Morgan fingerprint density at radius 2 is 2.17 bits per heavy atom. The van der Waals surface area contributed by atoms with Crippen LogP contribution in [0.5, 0.6) is 0 Å². The number of benzene rings is 1. The number of nitrogens with zero attached hydrogens (tertiary/aromatic N) is 2. The highest BCUT2D eigenvalue weighted by molar-refractivity contribution is 6.30. The molecule has 2 aromatic rings. The lowest BCUT2D eigenvalue weighted by atomic mass is 10.2. The molecule has 0 saturated heterocycles. The van der Waals surface area contributed by atoms with E-state index in [-0.39, 0.29) is 5.69 Å². The smallest absolute Gasteiger partial charge is 0.269 e. The van der Waals surface area contributed by atoms with E-state index < -0.39 is 4.92 Å². The molecule has 0 aliphatic rings. The number of aromatic nitrogens is 1. The lowest BCUT2D eigenvalue weighted by molar-refractivity contribution is -0.384. The average Bonchev–Trinajstić information content (AvgIpc) is 2.38. The van der Waals surface area contributed by atoms with Crippen molar-refractivity contribution in [2.24, 2.45) is 0 Å². The maximum Gasteiger partial charge on any atom is 0.269 e. The number of rotatable bonds is 4. The van der Waals surface area contributed by atoms with Gasteiger partial charge in [-0.15, -0.1) is 0 Å². The van der Waals surface area contributed by atoms with E-state index in [2.05, 4.69) is 10.3 Å². The van der Waals surface area contributed by atoms with E-state index in [1.54, 1.807) is 18.2 Å². The quantitative estimate of drug-likeness (QED) is 0.679. The fraction of sp³-hybridized carbons (Fsp3) is 0.0833. The second-order valence-corrected chi connectivity index (χ2v) is 4.08. The lowest BCUT2D eigenvalue weighted by Gasteiger charge is -2.05. The number of hydrogen-bond acceptors (Lipinski definition) is 4. The molecule has 1 N–H and O–H groups in total. The van der Waals surface area contributed by atoms with Crippen LogP contribution in [0.1, 0.15) is 5.56 Å². The molecule has 6 heteroatoms. The summed E-state index contributed by atoms with van der Waals surface area (Å²) in [6, 6.07) is 9.94. The van der Waals surface area contributed by atoms with Gasteiger partial charge >= 0.3 is 0 Å². The second kappa shape index (κ2) is 5.46. The van der Waals surface area contributed by atoms with Crippen molar-refractivity contribution in [2.75, 3.05) is 5.32 Å². The first kappa shape index (κ1) is 12.3. The van der Waals surface area contributed by atoms with Gasteiger partial charge in [0, 0.05) is 24.9 Å². The minimum atomic E-state index is -0.413. The Morgan fingerprint density at radius 1 is 1.33 bits per heavy atom. The molecule has 0 aliphatic heterocycles. The second-order valence-electron chi connectivity index (χ2n) is 3.64. The molecule has 0 atom stereocenters. The molecule has 0 unspecified atom stereocenters. The van der Waals surface area contributed by atoms with Crippen molar-refractivity contribution in [3.63, 3.8) is 0 Å². The van der Waals surface area contributed by atoms with Gasteiger partial charge in [-0.25, -0.2) is 4.98 Å². The van der Waals surface area contributed by atoms with Gasteiger partial charge in [0.25, 0.3) is 5.69 Å². The van der Waals surface area contributed by atoms with Crippen molar-refractivity contribution in [1.82, 2.24) is 4.98 Å². The molecule has 1 aromatic carbocycles. The van der Waals surface area contributed by atoms with E-state index in [1.165, 1.54) is 18.3 Å². The summed E-state index contributed by atoms with van der Waals surface area (Å²) in [5.74, 6) is 0.672. The summed E-state index contributed by atoms with van der Waals surface area (Å²) >= 11 is 5.72. The molecule has 0 radical (unpaired) electrons. The number of nitro benzene ring substituents is 1. The van der Waals surface area contributed by atoms with Crippen LogP contribution in [0.25, 0.3) is 0 Å². The van der Waals surface area contributed by atoms with Crippen LogP contribution in [0.4, 0.5) is 11.5 Å². The molecular formula is C12H10ClN3O2. The van der Waals surface area contributed by atoms with Gasteiger partial charge in [0.15, 0.2) is 0 Å². The molecule has 1 aromatic heterocycles. The molecule has 2 rings (SSSR count). The summed E-state index contributed by atoms with van der Waals surface area (Å²) in [6.07, 6.45) is 1.54. The standard InChI is InChI=1S/C12H10ClN3O2/c13-10-4-5-12(15-8-10)14-7-9-2-1-3-11(6-9)16(17)18/h1-6,8H,7H2,(H,14,15). The zero-order chi connectivity index (χ0) is 13.0. The molecule has 18 heavy (non-hydrogen) atoms. The normalized spacial score (nSPS) is 10.1. The number of anilines is 1. The lowest BCUT2D eigenvalue weighted by Crippen LogP contribution is -2.01. The number of halogens is 1. The predicted molar refractivity (Wildman–Crippen MR) is 69.7 cm³/mol. The Hall–Kier alpha value is -2.14. The van der Waals surface area contributed by atoms with E-state index >= 15 is 0 Å². The topological polar surface area (TPSA) is 68.1 Å². The van der Waals surface area contributed by atoms with Gasteiger partial charge in [-0.1, -0.05) is 23.7 Å². The van der Waals surface area contributed by atoms with Crippen molar-refractivity contribution >= 4 is 23.1 Å². The predicted octanol–water partition coefficient (Wildman–Crippen LogP) is 3.26. The molecule has 0 amide bonds. The molecular weight excluding hydrogens is 254 g/mol. The molecule has 0 bridgehead atoms. The van der Waals surface area contributed by atoms with Gasteiger partial charge in [0.05, 0.1) is 9.95 Å². The molecule has 0 fully saturated rings. The minimum Gasteiger partial charge on any atom is -0.366 e. The first-order chi connectivity index (χ1) is 8.65. The first-order valence-corrected chi connectivity index (χ1v) is 5.62.